The minimum absolute atomic E-state index is 0.0265. The van der Waals surface area contributed by atoms with E-state index in [9.17, 15) is 5.26 Å². The second-order valence-corrected chi connectivity index (χ2v) is 5.46. The molecule has 0 aromatic heterocycles. The van der Waals surface area contributed by atoms with Crippen LogP contribution in [0.3, 0.4) is 0 Å². The Bertz CT molecular complexity index is 675. The molecule has 20 heavy (non-hydrogen) atoms. The zero-order valence-corrected chi connectivity index (χ0v) is 12.8. The van der Waals surface area contributed by atoms with Gasteiger partial charge in [0.15, 0.2) is 0 Å². The molecule has 0 amide bonds. The number of benzene rings is 2. The van der Waals surface area contributed by atoms with Crippen molar-refractivity contribution in [1.29, 1.82) is 5.26 Å². The van der Waals surface area contributed by atoms with Crippen molar-refractivity contribution in [3.8, 4) is 6.07 Å². The lowest BCUT2D eigenvalue weighted by Gasteiger charge is -2.18. The molecule has 1 atom stereocenters. The molecule has 2 aromatic carbocycles. The van der Waals surface area contributed by atoms with E-state index in [-0.39, 0.29) is 6.04 Å². The average Bonchev–Trinajstić information content (AvgIpc) is 2.42. The first-order valence-corrected chi connectivity index (χ1v) is 6.99. The molecule has 0 saturated heterocycles. The van der Waals surface area contributed by atoms with Crippen LogP contribution in [0.15, 0.2) is 36.4 Å². The number of halogens is 2. The summed E-state index contributed by atoms with van der Waals surface area (Å²) in [5.41, 5.74) is 3.47. The number of anilines is 1. The van der Waals surface area contributed by atoms with Crippen LogP contribution >= 0.6 is 23.2 Å². The van der Waals surface area contributed by atoms with Crippen molar-refractivity contribution in [2.75, 3.05) is 5.32 Å². The number of nitrogens with one attached hydrogen (secondary N) is 1. The van der Waals surface area contributed by atoms with Gasteiger partial charge in [0.05, 0.1) is 21.3 Å². The minimum atomic E-state index is 0.0265. The summed E-state index contributed by atoms with van der Waals surface area (Å²) in [7, 11) is 0. The fraction of sp³-hybridized carbons (Fsp3) is 0.188. The summed E-state index contributed by atoms with van der Waals surface area (Å²) in [6.07, 6.45) is 0. The molecule has 2 rings (SSSR count). The van der Waals surface area contributed by atoms with E-state index >= 15 is 0 Å². The van der Waals surface area contributed by atoms with Crippen molar-refractivity contribution in [3.05, 3.63) is 63.1 Å². The zero-order valence-electron chi connectivity index (χ0n) is 11.2. The lowest BCUT2D eigenvalue weighted by atomic mass is 10.0. The molecular formula is C16H14Cl2N2. The highest BCUT2D eigenvalue weighted by Gasteiger charge is 2.11. The summed E-state index contributed by atoms with van der Waals surface area (Å²) in [6.45, 7) is 3.94. The zero-order chi connectivity index (χ0) is 14.7. The van der Waals surface area contributed by atoms with E-state index in [1.807, 2.05) is 44.2 Å². The van der Waals surface area contributed by atoms with Crippen LogP contribution in [-0.2, 0) is 0 Å². The van der Waals surface area contributed by atoms with Crippen molar-refractivity contribution in [2.45, 2.75) is 19.9 Å². The lowest BCUT2D eigenvalue weighted by Crippen LogP contribution is -2.08. The summed E-state index contributed by atoms with van der Waals surface area (Å²) >= 11 is 12.0. The molecule has 0 heterocycles. The normalized spacial score (nSPS) is 11.8. The summed E-state index contributed by atoms with van der Waals surface area (Å²) in [5, 5.41) is 13.6. The van der Waals surface area contributed by atoms with Gasteiger partial charge in [0, 0.05) is 6.04 Å². The van der Waals surface area contributed by atoms with E-state index in [2.05, 4.69) is 11.4 Å². The minimum Gasteiger partial charge on any atom is -0.377 e. The van der Waals surface area contributed by atoms with Gasteiger partial charge in [0.25, 0.3) is 0 Å². The van der Waals surface area contributed by atoms with E-state index in [0.717, 1.165) is 16.8 Å². The number of hydrogen-bond acceptors (Lipinski definition) is 2. The first kappa shape index (κ1) is 14.7. The smallest absolute Gasteiger partial charge is 0.102 e. The Morgan fingerprint density at radius 3 is 2.55 bits per heavy atom. The van der Waals surface area contributed by atoms with Crippen molar-refractivity contribution in [2.24, 2.45) is 0 Å². The monoisotopic (exact) mass is 304 g/mol. The molecule has 102 valence electrons. The molecule has 0 bridgehead atoms. The Hall–Kier alpha value is -1.69. The molecule has 0 saturated carbocycles. The summed E-state index contributed by atoms with van der Waals surface area (Å²) in [4.78, 5) is 0. The third kappa shape index (κ3) is 3.07. The maximum absolute atomic E-state index is 9.23. The molecular weight excluding hydrogens is 291 g/mol. The molecule has 0 spiro atoms. The Balaban J connectivity index is 2.28. The highest BCUT2D eigenvalue weighted by molar-refractivity contribution is 6.42. The van der Waals surface area contributed by atoms with E-state index in [4.69, 9.17) is 23.2 Å². The number of rotatable bonds is 3. The highest BCUT2D eigenvalue weighted by Crippen LogP contribution is 2.28. The van der Waals surface area contributed by atoms with Gasteiger partial charge in [-0.05, 0) is 43.2 Å². The van der Waals surface area contributed by atoms with Crippen LogP contribution < -0.4 is 5.32 Å². The quantitative estimate of drug-likeness (QED) is 0.830. The van der Waals surface area contributed by atoms with Crippen LogP contribution in [0, 0.1) is 18.3 Å². The largest absolute Gasteiger partial charge is 0.377 e. The predicted octanol–water partition coefficient (Wildman–Crippen LogP) is 5.35. The maximum atomic E-state index is 9.23. The van der Waals surface area contributed by atoms with E-state index in [1.54, 1.807) is 6.07 Å². The van der Waals surface area contributed by atoms with Crippen molar-refractivity contribution in [3.63, 3.8) is 0 Å². The van der Waals surface area contributed by atoms with Gasteiger partial charge in [-0.2, -0.15) is 5.26 Å². The topological polar surface area (TPSA) is 35.8 Å². The standard InChI is InChI=1S/C16H14Cl2N2/c1-10-4-3-5-16(13(10)9-19)20-11(2)12-6-7-14(17)15(18)8-12/h3-8,11,20H,1-2H3. The van der Waals surface area contributed by atoms with Gasteiger partial charge >= 0.3 is 0 Å². The van der Waals surface area contributed by atoms with Crippen molar-refractivity contribution >= 4 is 28.9 Å². The molecule has 0 aliphatic heterocycles. The third-order valence-corrected chi connectivity index (χ3v) is 3.94. The van der Waals surface area contributed by atoms with Crippen LogP contribution in [0.25, 0.3) is 0 Å². The first-order chi connectivity index (χ1) is 9.52. The van der Waals surface area contributed by atoms with Gasteiger partial charge in [-0.1, -0.05) is 41.4 Å². The second kappa shape index (κ2) is 6.17. The van der Waals surface area contributed by atoms with E-state index in [1.165, 1.54) is 0 Å². The number of nitriles is 1. The average molecular weight is 305 g/mol. The van der Waals surface area contributed by atoms with E-state index < -0.39 is 0 Å². The summed E-state index contributed by atoms with van der Waals surface area (Å²) in [5.74, 6) is 0. The van der Waals surface area contributed by atoms with Gasteiger partial charge in [0.2, 0.25) is 0 Å². The SMILES string of the molecule is Cc1cccc(NC(C)c2ccc(Cl)c(Cl)c2)c1C#N. The highest BCUT2D eigenvalue weighted by atomic mass is 35.5. The summed E-state index contributed by atoms with van der Waals surface area (Å²) < 4.78 is 0. The number of hydrogen-bond donors (Lipinski definition) is 1. The molecule has 1 unspecified atom stereocenters. The number of aryl methyl sites for hydroxylation is 1. The third-order valence-electron chi connectivity index (χ3n) is 3.20. The fourth-order valence-corrected chi connectivity index (χ4v) is 2.34. The Morgan fingerprint density at radius 1 is 1.15 bits per heavy atom. The second-order valence-electron chi connectivity index (χ2n) is 4.65. The molecule has 2 aromatic rings. The first-order valence-electron chi connectivity index (χ1n) is 6.24. The van der Waals surface area contributed by atoms with E-state index in [0.29, 0.717) is 15.6 Å². The molecule has 1 N–H and O–H groups in total. The molecule has 4 heteroatoms. The molecule has 0 aliphatic carbocycles. The number of nitrogens with zero attached hydrogens (tertiary/aromatic N) is 1. The Kier molecular flexibility index (Phi) is 4.54. The fourth-order valence-electron chi connectivity index (χ4n) is 2.03. The van der Waals surface area contributed by atoms with Crippen molar-refractivity contribution in [1.82, 2.24) is 0 Å². The van der Waals surface area contributed by atoms with Crippen LogP contribution in [0.2, 0.25) is 10.0 Å². The van der Waals surface area contributed by atoms with Crippen LogP contribution in [0.5, 0.6) is 0 Å². The van der Waals surface area contributed by atoms with Gasteiger partial charge in [-0.15, -0.1) is 0 Å². The molecule has 2 nitrogen and oxygen atoms in total. The molecule has 0 radical (unpaired) electrons. The molecule has 0 aliphatic rings. The van der Waals surface area contributed by atoms with Gasteiger partial charge < -0.3 is 5.32 Å². The maximum Gasteiger partial charge on any atom is 0.102 e. The Morgan fingerprint density at radius 2 is 1.90 bits per heavy atom. The van der Waals surface area contributed by atoms with Gasteiger partial charge in [-0.3, -0.25) is 0 Å². The van der Waals surface area contributed by atoms with Crippen LogP contribution in [0.4, 0.5) is 5.69 Å². The van der Waals surface area contributed by atoms with Gasteiger partial charge in [-0.25, -0.2) is 0 Å². The van der Waals surface area contributed by atoms with Crippen LogP contribution in [-0.4, -0.2) is 0 Å². The van der Waals surface area contributed by atoms with Crippen molar-refractivity contribution < 1.29 is 0 Å². The Labute approximate surface area is 128 Å². The predicted molar refractivity (Wildman–Crippen MR) is 84.4 cm³/mol. The lowest BCUT2D eigenvalue weighted by molar-refractivity contribution is 0.883. The summed E-state index contributed by atoms with van der Waals surface area (Å²) in [6, 6.07) is 13.6. The van der Waals surface area contributed by atoms with Crippen LogP contribution in [0.1, 0.15) is 29.7 Å². The van der Waals surface area contributed by atoms with Gasteiger partial charge in [0.1, 0.15) is 6.07 Å². The molecule has 0 fully saturated rings.